The smallest absolute Gasteiger partial charge is 0.335 e. The van der Waals surface area contributed by atoms with Gasteiger partial charge in [0.1, 0.15) is 11.9 Å². The molecular formula is C27H27N5O3. The number of amides is 2. The van der Waals surface area contributed by atoms with Crippen molar-refractivity contribution in [3.05, 3.63) is 89.6 Å². The third-order valence-corrected chi connectivity index (χ3v) is 6.20. The first-order chi connectivity index (χ1) is 17.0. The quantitative estimate of drug-likeness (QED) is 0.458. The number of nitrogens with one attached hydrogen (secondary N) is 2. The molecule has 1 aliphatic rings. The molecule has 0 radical (unpaired) electrons. The van der Waals surface area contributed by atoms with Crippen molar-refractivity contribution in [3.63, 3.8) is 0 Å². The van der Waals surface area contributed by atoms with Gasteiger partial charge in [0.15, 0.2) is 0 Å². The molecule has 0 bridgehead atoms. The fourth-order valence-electron chi connectivity index (χ4n) is 4.35. The molecule has 0 aliphatic heterocycles. The molecule has 2 aromatic carbocycles. The number of carboxylic acid groups (broad SMARTS) is 1. The Morgan fingerprint density at radius 2 is 1.71 bits per heavy atom. The highest BCUT2D eigenvalue weighted by Gasteiger charge is 2.30. The lowest BCUT2D eigenvalue weighted by atomic mass is 9.89. The number of carbonyl (C=O) groups excluding carboxylic acids is 1. The molecular weight excluding hydrogens is 442 g/mol. The summed E-state index contributed by atoms with van der Waals surface area (Å²) in [4.78, 5) is 30.6. The zero-order valence-electron chi connectivity index (χ0n) is 19.2. The lowest BCUT2D eigenvalue weighted by Crippen LogP contribution is -2.48. The summed E-state index contributed by atoms with van der Waals surface area (Å²) in [5.74, 6) is -0.270. The van der Waals surface area contributed by atoms with Crippen LogP contribution in [-0.2, 0) is 6.54 Å². The number of pyridine rings is 1. The molecule has 1 heterocycles. The Balaban J connectivity index is 1.44. The van der Waals surface area contributed by atoms with Gasteiger partial charge in [0.25, 0.3) is 0 Å². The van der Waals surface area contributed by atoms with E-state index in [9.17, 15) is 14.7 Å². The highest BCUT2D eigenvalue weighted by atomic mass is 16.4. The first-order valence-electron chi connectivity index (χ1n) is 11.6. The van der Waals surface area contributed by atoms with Crippen LogP contribution in [-0.4, -0.2) is 34.2 Å². The van der Waals surface area contributed by atoms with Crippen LogP contribution in [0.5, 0.6) is 0 Å². The molecule has 0 unspecified atom stereocenters. The summed E-state index contributed by atoms with van der Waals surface area (Å²) in [5.41, 5.74) is 2.38. The molecule has 0 atom stereocenters. The lowest BCUT2D eigenvalue weighted by molar-refractivity contribution is 0.0697. The molecule has 1 fully saturated rings. The summed E-state index contributed by atoms with van der Waals surface area (Å²) in [5, 5.41) is 24.6. The summed E-state index contributed by atoms with van der Waals surface area (Å²) in [6, 6.07) is 21.7. The van der Waals surface area contributed by atoms with E-state index < -0.39 is 5.97 Å². The maximum absolute atomic E-state index is 13.3. The maximum atomic E-state index is 13.3. The minimum Gasteiger partial charge on any atom is -0.478 e. The molecule has 1 saturated carbocycles. The summed E-state index contributed by atoms with van der Waals surface area (Å²) in [6.07, 6.45) is 4.82. The van der Waals surface area contributed by atoms with Gasteiger partial charge in [-0.15, -0.1) is 0 Å². The standard InChI is InChI=1S/C27H27N5O3/c28-16-20-6-15-25(29-18-20)31-22-9-13-24(14-10-22)32(23-11-7-21(8-12-23)26(33)34)27(35)30-17-19-4-2-1-3-5-19/h1-8,11-12,15,18,22,24H,9-10,13-14,17H2,(H,29,31)(H,30,35)(H,33,34)/t22-,24-. The van der Waals surface area contributed by atoms with E-state index >= 15 is 0 Å². The number of nitriles is 1. The van der Waals surface area contributed by atoms with E-state index in [-0.39, 0.29) is 23.7 Å². The number of benzene rings is 2. The second-order valence-electron chi connectivity index (χ2n) is 8.56. The van der Waals surface area contributed by atoms with Crippen molar-refractivity contribution in [2.75, 3.05) is 10.2 Å². The van der Waals surface area contributed by atoms with Gasteiger partial charge < -0.3 is 15.7 Å². The fourth-order valence-corrected chi connectivity index (χ4v) is 4.35. The second-order valence-corrected chi connectivity index (χ2v) is 8.56. The predicted molar refractivity (Wildman–Crippen MR) is 133 cm³/mol. The summed E-state index contributed by atoms with van der Waals surface area (Å²) in [6.45, 7) is 0.407. The van der Waals surface area contributed by atoms with E-state index in [1.54, 1.807) is 35.4 Å². The lowest BCUT2D eigenvalue weighted by Gasteiger charge is -2.37. The number of anilines is 2. The van der Waals surface area contributed by atoms with Gasteiger partial charge in [-0.3, -0.25) is 4.90 Å². The number of carboxylic acids is 1. The van der Waals surface area contributed by atoms with Gasteiger partial charge >= 0.3 is 12.0 Å². The van der Waals surface area contributed by atoms with Crippen molar-refractivity contribution in [2.24, 2.45) is 0 Å². The highest BCUT2D eigenvalue weighted by molar-refractivity contribution is 5.94. The summed E-state index contributed by atoms with van der Waals surface area (Å²) < 4.78 is 0. The molecule has 35 heavy (non-hydrogen) atoms. The number of nitrogens with zero attached hydrogens (tertiary/aromatic N) is 3. The Morgan fingerprint density at radius 3 is 2.31 bits per heavy atom. The molecule has 0 spiro atoms. The van der Waals surface area contributed by atoms with E-state index in [1.165, 1.54) is 12.1 Å². The predicted octanol–water partition coefficient (Wildman–Crippen LogP) is 4.79. The number of carbonyl (C=O) groups is 2. The van der Waals surface area contributed by atoms with Crippen LogP contribution in [0.2, 0.25) is 0 Å². The number of aromatic carboxylic acids is 1. The van der Waals surface area contributed by atoms with Gasteiger partial charge in [-0.2, -0.15) is 5.26 Å². The molecule has 1 aromatic heterocycles. The van der Waals surface area contributed by atoms with Crippen LogP contribution in [0.1, 0.15) is 47.2 Å². The molecule has 0 saturated heterocycles. The van der Waals surface area contributed by atoms with Crippen LogP contribution >= 0.6 is 0 Å². The van der Waals surface area contributed by atoms with Crippen molar-refractivity contribution < 1.29 is 14.7 Å². The van der Waals surface area contributed by atoms with E-state index in [4.69, 9.17) is 5.26 Å². The number of hydrogen-bond acceptors (Lipinski definition) is 5. The Hall–Kier alpha value is -4.38. The average Bonchev–Trinajstić information content (AvgIpc) is 2.90. The van der Waals surface area contributed by atoms with Crippen LogP contribution in [0.4, 0.5) is 16.3 Å². The van der Waals surface area contributed by atoms with Crippen molar-refractivity contribution >= 4 is 23.5 Å². The zero-order chi connectivity index (χ0) is 24.6. The van der Waals surface area contributed by atoms with Crippen molar-refractivity contribution in [1.29, 1.82) is 5.26 Å². The van der Waals surface area contributed by atoms with Gasteiger partial charge in [0.2, 0.25) is 0 Å². The number of rotatable bonds is 7. The molecule has 2 amide bonds. The van der Waals surface area contributed by atoms with E-state index in [2.05, 4.69) is 21.7 Å². The monoisotopic (exact) mass is 469 g/mol. The zero-order valence-corrected chi connectivity index (χ0v) is 19.2. The number of hydrogen-bond donors (Lipinski definition) is 3. The van der Waals surface area contributed by atoms with E-state index in [1.807, 2.05) is 30.3 Å². The normalized spacial score (nSPS) is 17.1. The molecule has 1 aliphatic carbocycles. The van der Waals surface area contributed by atoms with Gasteiger partial charge in [0, 0.05) is 30.5 Å². The minimum atomic E-state index is -1.00. The molecule has 178 valence electrons. The molecule has 3 N–H and O–H groups in total. The van der Waals surface area contributed by atoms with E-state index in [0.29, 0.717) is 17.8 Å². The van der Waals surface area contributed by atoms with Crippen molar-refractivity contribution in [1.82, 2.24) is 10.3 Å². The van der Waals surface area contributed by atoms with E-state index in [0.717, 1.165) is 37.1 Å². The summed E-state index contributed by atoms with van der Waals surface area (Å²) >= 11 is 0. The fraction of sp³-hybridized carbons (Fsp3) is 0.259. The molecule has 8 heteroatoms. The van der Waals surface area contributed by atoms with Crippen LogP contribution in [0, 0.1) is 11.3 Å². The van der Waals surface area contributed by atoms with Crippen LogP contribution in [0.25, 0.3) is 0 Å². The highest BCUT2D eigenvalue weighted by Crippen LogP contribution is 2.29. The molecule has 3 aromatic rings. The van der Waals surface area contributed by atoms with Gasteiger partial charge in [0.05, 0.1) is 11.1 Å². The van der Waals surface area contributed by atoms with Crippen LogP contribution < -0.4 is 15.5 Å². The first kappa shape index (κ1) is 23.8. The van der Waals surface area contributed by atoms with Crippen molar-refractivity contribution in [3.8, 4) is 6.07 Å². The number of aromatic nitrogens is 1. The Labute approximate surface area is 204 Å². The largest absolute Gasteiger partial charge is 0.478 e. The molecule has 8 nitrogen and oxygen atoms in total. The second kappa shape index (κ2) is 11.2. The van der Waals surface area contributed by atoms with Gasteiger partial charge in [-0.05, 0) is 67.6 Å². The SMILES string of the molecule is N#Cc1ccc(N[C@H]2CC[C@H](N(C(=O)NCc3ccccc3)c3ccc(C(=O)O)cc3)CC2)nc1. The Kier molecular flexibility index (Phi) is 7.58. The third kappa shape index (κ3) is 6.15. The third-order valence-electron chi connectivity index (χ3n) is 6.20. The summed E-state index contributed by atoms with van der Waals surface area (Å²) in [7, 11) is 0. The molecule has 4 rings (SSSR count). The maximum Gasteiger partial charge on any atom is 0.335 e. The van der Waals surface area contributed by atoms with Crippen molar-refractivity contribution in [2.45, 2.75) is 44.3 Å². The van der Waals surface area contributed by atoms with Crippen LogP contribution in [0.3, 0.4) is 0 Å². The topological polar surface area (TPSA) is 118 Å². The average molecular weight is 470 g/mol. The Morgan fingerprint density at radius 1 is 1.00 bits per heavy atom. The van der Waals surface area contributed by atoms with Gasteiger partial charge in [-0.25, -0.2) is 14.6 Å². The Bertz CT molecular complexity index is 1180. The van der Waals surface area contributed by atoms with Crippen LogP contribution in [0.15, 0.2) is 72.9 Å². The number of urea groups is 1. The minimum absolute atomic E-state index is 0.0200. The first-order valence-corrected chi connectivity index (χ1v) is 11.6. The van der Waals surface area contributed by atoms with Gasteiger partial charge in [-0.1, -0.05) is 30.3 Å².